The molecule has 0 aliphatic rings. The summed E-state index contributed by atoms with van der Waals surface area (Å²) in [5.41, 5.74) is 0. The maximum absolute atomic E-state index is 12.0. The maximum Gasteiger partial charge on any atom is 0.573 e. The van der Waals surface area contributed by atoms with E-state index >= 15 is 0 Å². The van der Waals surface area contributed by atoms with Gasteiger partial charge in [0.15, 0.2) is 0 Å². The first-order valence-electron chi connectivity index (χ1n) is 4.52. The molecule has 1 aromatic rings. The third-order valence-corrected chi connectivity index (χ3v) is 1.63. The van der Waals surface area contributed by atoms with E-state index in [1.807, 2.05) is 0 Å². The second kappa shape index (κ2) is 4.96. The van der Waals surface area contributed by atoms with Crippen molar-refractivity contribution in [2.75, 3.05) is 13.7 Å². The van der Waals surface area contributed by atoms with Crippen LogP contribution in [0, 0.1) is 0 Å². The predicted molar refractivity (Wildman–Crippen MR) is 50.8 cm³/mol. The van der Waals surface area contributed by atoms with Crippen LogP contribution >= 0.6 is 0 Å². The quantitative estimate of drug-likeness (QED) is 0.804. The van der Waals surface area contributed by atoms with Gasteiger partial charge < -0.3 is 14.2 Å². The van der Waals surface area contributed by atoms with Crippen molar-refractivity contribution < 1.29 is 27.4 Å². The molecule has 0 saturated carbocycles. The van der Waals surface area contributed by atoms with Gasteiger partial charge in [-0.1, -0.05) is 0 Å². The van der Waals surface area contributed by atoms with Crippen LogP contribution in [0.3, 0.4) is 0 Å². The molecule has 0 aliphatic carbocycles. The van der Waals surface area contributed by atoms with E-state index in [0.29, 0.717) is 6.61 Å². The molecular formula is C10H11F3O3. The Hall–Kier alpha value is -1.59. The lowest BCUT2D eigenvalue weighted by molar-refractivity contribution is -0.274. The van der Waals surface area contributed by atoms with Gasteiger partial charge in [-0.05, 0) is 6.92 Å². The van der Waals surface area contributed by atoms with Gasteiger partial charge in [-0.15, -0.1) is 13.2 Å². The zero-order chi connectivity index (χ0) is 12.2. The largest absolute Gasteiger partial charge is 0.573 e. The molecule has 0 unspecified atom stereocenters. The number of alkyl halides is 3. The van der Waals surface area contributed by atoms with Crippen molar-refractivity contribution in [1.82, 2.24) is 0 Å². The highest BCUT2D eigenvalue weighted by Crippen LogP contribution is 2.31. The first kappa shape index (κ1) is 12.5. The van der Waals surface area contributed by atoms with Gasteiger partial charge in [0, 0.05) is 18.2 Å². The van der Waals surface area contributed by atoms with Gasteiger partial charge in [-0.2, -0.15) is 0 Å². The van der Waals surface area contributed by atoms with E-state index in [9.17, 15) is 13.2 Å². The molecule has 0 bridgehead atoms. The molecule has 0 amide bonds. The fraction of sp³-hybridized carbons (Fsp3) is 0.400. The lowest BCUT2D eigenvalue weighted by atomic mass is 10.3. The van der Waals surface area contributed by atoms with Crippen LogP contribution in [-0.4, -0.2) is 20.1 Å². The lowest BCUT2D eigenvalue weighted by Gasteiger charge is -2.12. The van der Waals surface area contributed by atoms with Gasteiger partial charge in [0.1, 0.15) is 17.2 Å². The molecule has 1 aromatic carbocycles. The molecule has 16 heavy (non-hydrogen) atoms. The summed E-state index contributed by atoms with van der Waals surface area (Å²) in [6, 6.07) is 3.77. The summed E-state index contributed by atoms with van der Waals surface area (Å²) in [5, 5.41) is 0. The fourth-order valence-electron chi connectivity index (χ4n) is 1.11. The van der Waals surface area contributed by atoms with Crippen LogP contribution in [0.1, 0.15) is 6.92 Å². The Bertz CT molecular complexity index is 350. The van der Waals surface area contributed by atoms with Crippen molar-refractivity contribution in [1.29, 1.82) is 0 Å². The van der Waals surface area contributed by atoms with Crippen molar-refractivity contribution in [3.63, 3.8) is 0 Å². The Morgan fingerprint density at radius 3 is 2.12 bits per heavy atom. The normalized spacial score (nSPS) is 11.1. The highest BCUT2D eigenvalue weighted by molar-refractivity contribution is 5.42. The van der Waals surface area contributed by atoms with Crippen LogP contribution in [-0.2, 0) is 0 Å². The maximum atomic E-state index is 12.0. The number of rotatable bonds is 4. The molecule has 0 aromatic heterocycles. The van der Waals surface area contributed by atoms with Gasteiger partial charge in [0.25, 0.3) is 0 Å². The Kier molecular flexibility index (Phi) is 3.87. The molecule has 0 N–H and O–H groups in total. The van der Waals surface area contributed by atoms with Crippen molar-refractivity contribution in [2.24, 2.45) is 0 Å². The Labute approximate surface area is 90.7 Å². The van der Waals surface area contributed by atoms with E-state index in [-0.39, 0.29) is 17.2 Å². The third-order valence-electron chi connectivity index (χ3n) is 1.63. The van der Waals surface area contributed by atoms with Crippen LogP contribution in [0.15, 0.2) is 18.2 Å². The summed E-state index contributed by atoms with van der Waals surface area (Å²) in [4.78, 5) is 0. The fourth-order valence-corrected chi connectivity index (χ4v) is 1.11. The van der Waals surface area contributed by atoms with Gasteiger partial charge in [0.05, 0.1) is 13.7 Å². The van der Waals surface area contributed by atoms with Crippen LogP contribution in [0.25, 0.3) is 0 Å². The molecule has 90 valence electrons. The molecule has 1 rings (SSSR count). The second-order valence-electron chi connectivity index (χ2n) is 2.83. The summed E-state index contributed by atoms with van der Waals surface area (Å²) in [6.07, 6.45) is -4.73. The minimum atomic E-state index is -4.73. The highest BCUT2D eigenvalue weighted by Gasteiger charge is 2.31. The van der Waals surface area contributed by atoms with Crippen molar-refractivity contribution in [3.05, 3.63) is 18.2 Å². The summed E-state index contributed by atoms with van der Waals surface area (Å²) in [7, 11) is 1.35. The molecule has 0 heterocycles. The summed E-state index contributed by atoms with van der Waals surface area (Å²) >= 11 is 0. The summed E-state index contributed by atoms with van der Waals surface area (Å²) in [6.45, 7) is 2.07. The Morgan fingerprint density at radius 2 is 1.62 bits per heavy atom. The average Bonchev–Trinajstić information content (AvgIpc) is 2.15. The van der Waals surface area contributed by atoms with E-state index in [0.717, 1.165) is 12.1 Å². The first-order valence-corrected chi connectivity index (χ1v) is 4.52. The topological polar surface area (TPSA) is 27.7 Å². The van der Waals surface area contributed by atoms with Crippen molar-refractivity contribution in [2.45, 2.75) is 13.3 Å². The lowest BCUT2D eigenvalue weighted by Crippen LogP contribution is -2.17. The van der Waals surface area contributed by atoms with E-state index in [2.05, 4.69) is 4.74 Å². The van der Waals surface area contributed by atoms with Gasteiger partial charge >= 0.3 is 6.36 Å². The van der Waals surface area contributed by atoms with E-state index < -0.39 is 6.36 Å². The molecule has 0 atom stereocenters. The first-order chi connectivity index (χ1) is 7.44. The molecule has 0 aliphatic heterocycles. The zero-order valence-corrected chi connectivity index (χ0v) is 8.80. The smallest absolute Gasteiger partial charge is 0.496 e. The van der Waals surface area contributed by atoms with Crippen LogP contribution in [0.2, 0.25) is 0 Å². The van der Waals surface area contributed by atoms with Crippen LogP contribution < -0.4 is 14.2 Å². The number of benzene rings is 1. The van der Waals surface area contributed by atoms with E-state index in [1.165, 1.54) is 13.2 Å². The Balaban J connectivity index is 2.95. The number of halogens is 3. The standard InChI is InChI=1S/C10H11F3O3/c1-3-15-8-4-7(14-2)5-9(6-8)16-10(11,12)13/h4-6H,3H2,1-2H3. The van der Waals surface area contributed by atoms with E-state index in [4.69, 9.17) is 9.47 Å². The molecule has 0 spiro atoms. The Morgan fingerprint density at radius 1 is 1.06 bits per heavy atom. The summed E-state index contributed by atoms with van der Waals surface area (Å²) < 4.78 is 49.6. The van der Waals surface area contributed by atoms with Gasteiger partial charge in [-0.3, -0.25) is 0 Å². The van der Waals surface area contributed by atoms with E-state index in [1.54, 1.807) is 6.92 Å². The minimum Gasteiger partial charge on any atom is -0.496 e. The minimum absolute atomic E-state index is 0.241. The summed E-state index contributed by atoms with van der Waals surface area (Å²) in [5.74, 6) is 0.140. The molecule has 0 saturated heterocycles. The van der Waals surface area contributed by atoms with Gasteiger partial charge in [0.2, 0.25) is 0 Å². The zero-order valence-electron chi connectivity index (χ0n) is 8.80. The molecular weight excluding hydrogens is 225 g/mol. The second-order valence-corrected chi connectivity index (χ2v) is 2.83. The average molecular weight is 236 g/mol. The molecule has 3 nitrogen and oxygen atoms in total. The SMILES string of the molecule is CCOc1cc(OC)cc(OC(F)(F)F)c1. The van der Waals surface area contributed by atoms with Crippen molar-refractivity contribution >= 4 is 0 Å². The molecule has 0 radical (unpaired) electrons. The molecule has 0 fully saturated rings. The highest BCUT2D eigenvalue weighted by atomic mass is 19.4. The number of hydrogen-bond donors (Lipinski definition) is 0. The van der Waals surface area contributed by atoms with Crippen LogP contribution in [0.4, 0.5) is 13.2 Å². The number of ether oxygens (including phenoxy) is 3. The monoisotopic (exact) mass is 236 g/mol. The predicted octanol–water partition coefficient (Wildman–Crippen LogP) is 2.99. The van der Waals surface area contributed by atoms with Crippen LogP contribution in [0.5, 0.6) is 17.2 Å². The molecule has 6 heteroatoms. The van der Waals surface area contributed by atoms with Gasteiger partial charge in [-0.25, -0.2) is 0 Å². The third kappa shape index (κ3) is 3.88. The number of hydrogen-bond acceptors (Lipinski definition) is 3. The van der Waals surface area contributed by atoms with Crippen molar-refractivity contribution in [3.8, 4) is 17.2 Å². The number of methoxy groups -OCH3 is 1.